The van der Waals surface area contributed by atoms with Crippen LogP contribution in [0, 0.1) is 5.92 Å². The van der Waals surface area contributed by atoms with Crippen LogP contribution in [0.3, 0.4) is 0 Å². The fourth-order valence-corrected chi connectivity index (χ4v) is 1.19. The van der Waals surface area contributed by atoms with Gasteiger partial charge in [0, 0.05) is 25.0 Å². The monoisotopic (exact) mass is 202 g/mol. The van der Waals surface area contributed by atoms with Gasteiger partial charge in [-0.05, 0) is 21.0 Å². The first-order valence-corrected chi connectivity index (χ1v) is 4.83. The van der Waals surface area contributed by atoms with Gasteiger partial charge in [0.15, 0.2) is 0 Å². The number of hydrogen-bond acceptors (Lipinski definition) is 4. The van der Waals surface area contributed by atoms with Gasteiger partial charge in [0.1, 0.15) is 5.84 Å². The second-order valence-corrected chi connectivity index (χ2v) is 4.00. The van der Waals surface area contributed by atoms with Gasteiger partial charge in [-0.15, -0.1) is 0 Å². The fraction of sp³-hybridized carbons (Fsp3) is 0.889. The third kappa shape index (κ3) is 5.77. The quantitative estimate of drug-likeness (QED) is 0.243. The molecular weight excluding hydrogens is 180 g/mol. The number of amidine groups is 1. The zero-order chi connectivity index (χ0) is 11.1. The van der Waals surface area contributed by atoms with Gasteiger partial charge in [0.05, 0.1) is 0 Å². The second kappa shape index (κ2) is 6.62. The normalized spacial score (nSPS) is 17.1. The van der Waals surface area contributed by atoms with Gasteiger partial charge in [-0.2, -0.15) is 0 Å². The molecule has 0 aromatic rings. The van der Waals surface area contributed by atoms with Gasteiger partial charge in [0.25, 0.3) is 0 Å². The van der Waals surface area contributed by atoms with Gasteiger partial charge in [0.2, 0.25) is 0 Å². The molecule has 0 saturated carbocycles. The lowest BCUT2D eigenvalue weighted by molar-refractivity contribution is 0.312. The lowest BCUT2D eigenvalue weighted by Gasteiger charge is -2.20. The van der Waals surface area contributed by atoms with E-state index < -0.39 is 0 Å². The summed E-state index contributed by atoms with van der Waals surface area (Å²) < 4.78 is 0. The molecule has 5 nitrogen and oxygen atoms in total. The van der Waals surface area contributed by atoms with E-state index in [1.165, 1.54) is 0 Å². The number of hydrogen-bond donors (Lipinski definition) is 3. The predicted octanol–water partition coefficient (Wildman–Crippen LogP) is -0.0914. The van der Waals surface area contributed by atoms with Crippen molar-refractivity contribution >= 4 is 5.84 Å². The van der Waals surface area contributed by atoms with Crippen molar-refractivity contribution in [1.29, 1.82) is 0 Å². The third-order valence-electron chi connectivity index (χ3n) is 2.03. The van der Waals surface area contributed by atoms with Crippen LogP contribution in [0.15, 0.2) is 5.16 Å². The summed E-state index contributed by atoms with van der Waals surface area (Å²) in [6, 6.07) is 0.402. The van der Waals surface area contributed by atoms with E-state index in [2.05, 4.69) is 22.3 Å². The third-order valence-corrected chi connectivity index (χ3v) is 2.03. The minimum Gasteiger partial charge on any atom is -0.409 e. The number of likely N-dealkylation sites (N-methyl/N-ethyl adjacent to an activating group) is 1. The average molecular weight is 202 g/mol. The standard InChI is InChI=1S/C9H22N4O/c1-7(9(10)12-14)5-11-8(2)6-13(3)4/h7-8,11,14H,5-6H2,1-4H3,(H2,10,12). The van der Waals surface area contributed by atoms with Crippen LogP contribution < -0.4 is 11.1 Å². The Bertz CT molecular complexity index is 182. The molecule has 0 aliphatic rings. The molecule has 0 bridgehead atoms. The van der Waals surface area contributed by atoms with E-state index in [1.54, 1.807) is 0 Å². The molecule has 2 unspecified atom stereocenters. The Morgan fingerprint density at radius 2 is 2.07 bits per heavy atom. The summed E-state index contributed by atoms with van der Waals surface area (Å²) in [4.78, 5) is 2.12. The van der Waals surface area contributed by atoms with E-state index in [9.17, 15) is 0 Å². The Morgan fingerprint density at radius 3 is 2.50 bits per heavy atom. The van der Waals surface area contributed by atoms with E-state index in [4.69, 9.17) is 10.9 Å². The summed E-state index contributed by atoms with van der Waals surface area (Å²) in [6.07, 6.45) is 0. The highest BCUT2D eigenvalue weighted by Gasteiger charge is 2.09. The van der Waals surface area contributed by atoms with Crippen LogP contribution in [-0.4, -0.2) is 49.2 Å². The molecule has 0 spiro atoms. The van der Waals surface area contributed by atoms with Crippen LogP contribution in [0.2, 0.25) is 0 Å². The van der Waals surface area contributed by atoms with Crippen molar-refractivity contribution in [2.75, 3.05) is 27.2 Å². The van der Waals surface area contributed by atoms with Gasteiger partial charge < -0.3 is 21.2 Å². The van der Waals surface area contributed by atoms with Crippen molar-refractivity contribution in [3.63, 3.8) is 0 Å². The van der Waals surface area contributed by atoms with Crippen LogP contribution in [0.5, 0.6) is 0 Å². The molecule has 0 aromatic carbocycles. The van der Waals surface area contributed by atoms with Crippen molar-refractivity contribution < 1.29 is 5.21 Å². The van der Waals surface area contributed by atoms with Gasteiger partial charge in [-0.25, -0.2) is 0 Å². The molecule has 5 heteroatoms. The van der Waals surface area contributed by atoms with Crippen LogP contribution in [-0.2, 0) is 0 Å². The summed E-state index contributed by atoms with van der Waals surface area (Å²) in [5, 5.41) is 14.7. The first kappa shape index (κ1) is 13.2. The lowest BCUT2D eigenvalue weighted by atomic mass is 10.1. The summed E-state index contributed by atoms with van der Waals surface area (Å²) >= 11 is 0. The molecule has 4 N–H and O–H groups in total. The van der Waals surface area contributed by atoms with Gasteiger partial charge in [-0.3, -0.25) is 0 Å². The van der Waals surface area contributed by atoms with Crippen LogP contribution in [0.4, 0.5) is 0 Å². The molecule has 14 heavy (non-hydrogen) atoms. The highest BCUT2D eigenvalue weighted by atomic mass is 16.4. The van der Waals surface area contributed by atoms with E-state index in [-0.39, 0.29) is 11.8 Å². The van der Waals surface area contributed by atoms with Crippen molar-refractivity contribution in [3.05, 3.63) is 0 Å². The Morgan fingerprint density at radius 1 is 1.50 bits per heavy atom. The molecule has 0 heterocycles. The Hall–Kier alpha value is -0.810. The largest absolute Gasteiger partial charge is 0.409 e. The lowest BCUT2D eigenvalue weighted by Crippen LogP contribution is -2.40. The SMILES string of the molecule is CC(CN(C)C)NCC(C)C(N)=NO. The number of nitrogens with two attached hydrogens (primary N) is 1. The molecule has 0 aliphatic carbocycles. The smallest absolute Gasteiger partial charge is 0.143 e. The van der Waals surface area contributed by atoms with Crippen molar-refractivity contribution in [2.45, 2.75) is 19.9 Å². The van der Waals surface area contributed by atoms with Crippen LogP contribution in [0.25, 0.3) is 0 Å². The van der Waals surface area contributed by atoms with Crippen molar-refractivity contribution in [1.82, 2.24) is 10.2 Å². The molecule has 84 valence electrons. The van der Waals surface area contributed by atoms with Gasteiger partial charge in [-0.1, -0.05) is 12.1 Å². The Labute approximate surface area is 86.0 Å². The number of rotatable bonds is 6. The molecule has 0 radical (unpaired) electrons. The Balaban J connectivity index is 3.71. The molecule has 2 atom stereocenters. The summed E-state index contributed by atoms with van der Waals surface area (Å²) in [7, 11) is 4.07. The summed E-state index contributed by atoms with van der Waals surface area (Å²) in [6.45, 7) is 5.73. The molecule has 0 rings (SSSR count). The van der Waals surface area contributed by atoms with E-state index in [0.717, 1.165) is 13.1 Å². The van der Waals surface area contributed by atoms with Crippen molar-refractivity contribution in [2.24, 2.45) is 16.8 Å². The second-order valence-electron chi connectivity index (χ2n) is 4.00. The number of nitrogens with one attached hydrogen (secondary N) is 1. The highest BCUT2D eigenvalue weighted by Crippen LogP contribution is 1.94. The molecule has 0 fully saturated rings. The van der Waals surface area contributed by atoms with Gasteiger partial charge >= 0.3 is 0 Å². The maximum absolute atomic E-state index is 8.44. The minimum absolute atomic E-state index is 0.0598. The predicted molar refractivity (Wildman–Crippen MR) is 58.6 cm³/mol. The first-order valence-electron chi connectivity index (χ1n) is 4.83. The van der Waals surface area contributed by atoms with Crippen LogP contribution >= 0.6 is 0 Å². The molecule has 0 aliphatic heterocycles. The topological polar surface area (TPSA) is 73.9 Å². The average Bonchev–Trinajstić information content (AvgIpc) is 2.11. The number of oxime groups is 1. The first-order chi connectivity index (χ1) is 6.47. The number of nitrogens with zero attached hydrogens (tertiary/aromatic N) is 2. The zero-order valence-corrected chi connectivity index (χ0v) is 9.49. The van der Waals surface area contributed by atoms with E-state index in [0.29, 0.717) is 6.04 Å². The van der Waals surface area contributed by atoms with E-state index >= 15 is 0 Å². The van der Waals surface area contributed by atoms with E-state index in [1.807, 2.05) is 21.0 Å². The molecule has 0 aromatic heterocycles. The molecule has 0 amide bonds. The fourth-order valence-electron chi connectivity index (χ4n) is 1.19. The maximum Gasteiger partial charge on any atom is 0.143 e. The van der Waals surface area contributed by atoms with Crippen LogP contribution in [0.1, 0.15) is 13.8 Å². The summed E-state index contributed by atoms with van der Waals surface area (Å²) in [5.74, 6) is 0.333. The maximum atomic E-state index is 8.44. The highest BCUT2D eigenvalue weighted by molar-refractivity contribution is 5.82. The molecular formula is C9H22N4O. The zero-order valence-electron chi connectivity index (χ0n) is 9.49. The van der Waals surface area contributed by atoms with Crippen molar-refractivity contribution in [3.8, 4) is 0 Å². The molecule has 0 saturated heterocycles. The minimum atomic E-state index is 0.0598. The summed E-state index contributed by atoms with van der Waals surface area (Å²) in [5.41, 5.74) is 5.45. The Kier molecular flexibility index (Phi) is 6.23.